The molecule has 0 amide bonds. The molecule has 0 spiro atoms. The summed E-state index contributed by atoms with van der Waals surface area (Å²) in [5.41, 5.74) is 0.890. The Morgan fingerprint density at radius 2 is 0.810 bits per heavy atom. The Morgan fingerprint density at radius 1 is 0.571 bits per heavy atom. The number of carbonyl (C=O) groups is 3. The van der Waals surface area contributed by atoms with E-state index >= 15 is 0 Å². The molecule has 0 radical (unpaired) electrons. The van der Waals surface area contributed by atoms with E-state index in [1.54, 1.807) is 0 Å². The Morgan fingerprint density at radius 3 is 1.05 bits per heavy atom. The summed E-state index contributed by atoms with van der Waals surface area (Å²) in [6.45, 7) is 0. The van der Waals surface area contributed by atoms with Crippen LogP contribution in [0, 0.1) is 0 Å². The highest BCUT2D eigenvalue weighted by Crippen LogP contribution is 2.12. The zero-order valence-electron chi connectivity index (χ0n) is 10.6. The number of carboxylic acid groups (broad SMARTS) is 2. The summed E-state index contributed by atoms with van der Waals surface area (Å²) in [4.78, 5) is 33.5. The van der Waals surface area contributed by atoms with Gasteiger partial charge in [0.1, 0.15) is 0 Å². The number of halogens is 1. The minimum absolute atomic E-state index is 0. The molecule has 0 bridgehead atoms. The largest absolute Gasteiger partial charge is 0.478 e. The van der Waals surface area contributed by atoms with Crippen molar-refractivity contribution >= 4 is 34.7 Å². The number of hydrogen-bond donors (Lipinski definition) is 2. The van der Waals surface area contributed by atoms with Crippen LogP contribution in [0.4, 0.5) is 0 Å². The summed E-state index contributed by atoms with van der Waals surface area (Å²) in [6.07, 6.45) is 0. The Labute approximate surface area is 130 Å². The lowest BCUT2D eigenvalue weighted by atomic mass is 10.0. The van der Waals surface area contributed by atoms with Crippen molar-refractivity contribution in [3.05, 3.63) is 70.8 Å². The first-order valence-electron chi connectivity index (χ1n) is 5.70. The average molecular weight is 351 g/mol. The Kier molecular flexibility index (Phi) is 5.37. The van der Waals surface area contributed by atoms with E-state index in [0.717, 1.165) is 0 Å². The molecule has 21 heavy (non-hydrogen) atoms. The van der Waals surface area contributed by atoms with E-state index in [9.17, 15) is 14.4 Å². The van der Waals surface area contributed by atoms with Gasteiger partial charge in [0, 0.05) is 11.1 Å². The molecule has 0 saturated heterocycles. The molecular weight excluding hydrogens is 340 g/mol. The lowest BCUT2D eigenvalue weighted by Gasteiger charge is -2.02. The molecule has 2 rings (SSSR count). The molecule has 0 saturated carbocycles. The molecule has 0 heterocycles. The maximum atomic E-state index is 12.1. The predicted octanol–water partition coefficient (Wildman–Crippen LogP) is 2.89. The van der Waals surface area contributed by atoms with Gasteiger partial charge in [-0.15, -0.1) is 17.0 Å². The lowest BCUT2D eigenvalue weighted by Crippen LogP contribution is -2.04. The molecule has 6 heteroatoms. The van der Waals surface area contributed by atoms with Crippen molar-refractivity contribution < 1.29 is 24.6 Å². The van der Waals surface area contributed by atoms with Crippen LogP contribution in [0.2, 0.25) is 0 Å². The highest BCUT2D eigenvalue weighted by molar-refractivity contribution is 8.93. The van der Waals surface area contributed by atoms with Gasteiger partial charge in [-0.05, 0) is 24.3 Å². The van der Waals surface area contributed by atoms with Gasteiger partial charge in [0.05, 0.1) is 11.1 Å². The van der Waals surface area contributed by atoms with Crippen LogP contribution in [0.1, 0.15) is 36.6 Å². The number of carboxylic acids is 2. The van der Waals surface area contributed by atoms with E-state index in [2.05, 4.69) is 0 Å². The number of benzene rings is 2. The molecule has 0 aromatic heterocycles. The number of ketones is 1. The van der Waals surface area contributed by atoms with Gasteiger partial charge in [0.25, 0.3) is 0 Å². The van der Waals surface area contributed by atoms with Crippen molar-refractivity contribution in [1.29, 1.82) is 0 Å². The monoisotopic (exact) mass is 350 g/mol. The van der Waals surface area contributed by atoms with E-state index < -0.39 is 11.9 Å². The van der Waals surface area contributed by atoms with Gasteiger partial charge in [-0.2, -0.15) is 0 Å². The SMILES string of the molecule is Br.O=C(O)c1ccc(C(=O)c2ccc(C(=O)O)cc2)cc1. The van der Waals surface area contributed by atoms with Crippen LogP contribution in [-0.4, -0.2) is 27.9 Å². The highest BCUT2D eigenvalue weighted by atomic mass is 79.9. The third-order valence-electron chi connectivity index (χ3n) is 2.79. The molecule has 5 nitrogen and oxygen atoms in total. The standard InChI is InChI=1S/C15H10O5.BrH/c16-13(9-1-5-11(6-2-9)14(17)18)10-3-7-12(8-4-10)15(19)20;/h1-8H,(H,17,18)(H,19,20);1H. The molecular formula is C15H11BrO5. The number of carbonyl (C=O) groups excluding carboxylic acids is 1. The summed E-state index contributed by atoms with van der Waals surface area (Å²) in [5.74, 6) is -2.41. The first-order chi connectivity index (χ1) is 9.49. The normalized spacial score (nSPS) is 9.52. The number of rotatable bonds is 4. The fourth-order valence-electron chi connectivity index (χ4n) is 1.70. The second-order valence-electron chi connectivity index (χ2n) is 4.09. The van der Waals surface area contributed by atoms with Crippen LogP contribution in [0.25, 0.3) is 0 Å². The second-order valence-corrected chi connectivity index (χ2v) is 4.09. The topological polar surface area (TPSA) is 91.7 Å². The van der Waals surface area contributed by atoms with Crippen molar-refractivity contribution in [3.63, 3.8) is 0 Å². The Bertz CT molecular complexity index is 615. The lowest BCUT2D eigenvalue weighted by molar-refractivity contribution is 0.0686. The van der Waals surface area contributed by atoms with Crippen molar-refractivity contribution in [2.75, 3.05) is 0 Å². The first kappa shape index (κ1) is 16.6. The third-order valence-corrected chi connectivity index (χ3v) is 2.79. The van der Waals surface area contributed by atoms with Gasteiger partial charge < -0.3 is 10.2 Å². The molecule has 2 aromatic rings. The zero-order valence-corrected chi connectivity index (χ0v) is 12.4. The van der Waals surface area contributed by atoms with E-state index in [-0.39, 0.29) is 33.9 Å². The Balaban J connectivity index is 0.00000220. The second kappa shape index (κ2) is 6.81. The van der Waals surface area contributed by atoms with E-state index in [1.165, 1.54) is 48.5 Å². The Hall–Kier alpha value is -2.47. The minimum Gasteiger partial charge on any atom is -0.478 e. The van der Waals surface area contributed by atoms with E-state index in [0.29, 0.717) is 11.1 Å². The predicted molar refractivity (Wildman–Crippen MR) is 80.6 cm³/mol. The van der Waals surface area contributed by atoms with Gasteiger partial charge in [-0.1, -0.05) is 24.3 Å². The van der Waals surface area contributed by atoms with Crippen molar-refractivity contribution in [2.45, 2.75) is 0 Å². The van der Waals surface area contributed by atoms with Crippen molar-refractivity contribution in [1.82, 2.24) is 0 Å². The molecule has 2 aromatic carbocycles. The summed E-state index contributed by atoms with van der Waals surface area (Å²) >= 11 is 0. The van der Waals surface area contributed by atoms with Crippen LogP contribution in [-0.2, 0) is 0 Å². The summed E-state index contributed by atoms with van der Waals surface area (Å²) in [6, 6.07) is 11.1. The molecule has 2 N–H and O–H groups in total. The first-order valence-corrected chi connectivity index (χ1v) is 5.70. The van der Waals surface area contributed by atoms with Crippen LogP contribution >= 0.6 is 17.0 Å². The zero-order chi connectivity index (χ0) is 14.7. The van der Waals surface area contributed by atoms with Crippen LogP contribution in [0.15, 0.2) is 48.5 Å². The van der Waals surface area contributed by atoms with Gasteiger partial charge in [0.15, 0.2) is 5.78 Å². The smallest absolute Gasteiger partial charge is 0.335 e. The maximum absolute atomic E-state index is 12.1. The molecule has 0 fully saturated rings. The fourth-order valence-corrected chi connectivity index (χ4v) is 1.70. The summed E-state index contributed by atoms with van der Waals surface area (Å²) in [5, 5.41) is 17.5. The number of aromatic carboxylic acids is 2. The van der Waals surface area contributed by atoms with Crippen LogP contribution in [0.5, 0.6) is 0 Å². The van der Waals surface area contributed by atoms with Gasteiger partial charge in [0.2, 0.25) is 0 Å². The van der Waals surface area contributed by atoms with Gasteiger partial charge >= 0.3 is 11.9 Å². The maximum Gasteiger partial charge on any atom is 0.335 e. The van der Waals surface area contributed by atoms with Crippen molar-refractivity contribution in [2.24, 2.45) is 0 Å². The van der Waals surface area contributed by atoms with Crippen LogP contribution in [0.3, 0.4) is 0 Å². The molecule has 0 unspecified atom stereocenters. The van der Waals surface area contributed by atoms with Gasteiger partial charge in [-0.3, -0.25) is 4.79 Å². The quantitative estimate of drug-likeness (QED) is 0.827. The van der Waals surface area contributed by atoms with Gasteiger partial charge in [-0.25, -0.2) is 9.59 Å². The molecule has 0 aliphatic heterocycles. The minimum atomic E-state index is -1.06. The molecule has 0 atom stereocenters. The summed E-state index contributed by atoms with van der Waals surface area (Å²) < 4.78 is 0. The highest BCUT2D eigenvalue weighted by Gasteiger charge is 2.11. The number of hydrogen-bond acceptors (Lipinski definition) is 3. The molecule has 0 aliphatic carbocycles. The average Bonchev–Trinajstić information content (AvgIpc) is 2.46. The summed E-state index contributed by atoms with van der Waals surface area (Å²) in [7, 11) is 0. The molecule has 0 aliphatic rings. The molecule has 108 valence electrons. The van der Waals surface area contributed by atoms with Crippen molar-refractivity contribution in [3.8, 4) is 0 Å². The van der Waals surface area contributed by atoms with Crippen LogP contribution < -0.4 is 0 Å². The third kappa shape index (κ3) is 3.76. The fraction of sp³-hybridized carbons (Fsp3) is 0. The van der Waals surface area contributed by atoms with E-state index in [4.69, 9.17) is 10.2 Å². The van der Waals surface area contributed by atoms with E-state index in [1.807, 2.05) is 0 Å².